The van der Waals surface area contributed by atoms with Crippen molar-refractivity contribution in [1.82, 2.24) is 4.98 Å². The van der Waals surface area contributed by atoms with Crippen LogP contribution in [0.4, 0.5) is 5.13 Å². The van der Waals surface area contributed by atoms with Crippen LogP contribution in [0.25, 0.3) is 0 Å². The molecule has 1 atom stereocenters. The third-order valence-corrected chi connectivity index (χ3v) is 6.90. The molecule has 0 radical (unpaired) electrons. The van der Waals surface area contributed by atoms with Crippen LogP contribution in [-0.2, 0) is 14.6 Å². The molecule has 10 heteroatoms. The van der Waals surface area contributed by atoms with Crippen molar-refractivity contribution >= 4 is 32.2 Å². The number of rotatable bonds is 10. The molecular formula is C22H24N2O6S2. The van der Waals surface area contributed by atoms with Crippen LogP contribution < -0.4 is 14.8 Å². The Labute approximate surface area is 191 Å². The number of carbonyl (C=O) groups excluding carboxylic acids is 1. The number of thiazole rings is 1. The van der Waals surface area contributed by atoms with E-state index in [0.717, 1.165) is 0 Å². The van der Waals surface area contributed by atoms with E-state index in [-0.39, 0.29) is 16.6 Å². The Kier molecular flexibility index (Phi) is 7.84. The third kappa shape index (κ3) is 6.06. The highest BCUT2D eigenvalue weighted by Gasteiger charge is 2.15. The van der Waals surface area contributed by atoms with Crippen molar-refractivity contribution in [3.8, 4) is 17.2 Å². The van der Waals surface area contributed by atoms with Crippen molar-refractivity contribution in [2.24, 2.45) is 0 Å². The fourth-order valence-corrected chi connectivity index (χ4v) is 4.16. The number of anilines is 1. The van der Waals surface area contributed by atoms with E-state index in [1.165, 1.54) is 30.6 Å². The first-order chi connectivity index (χ1) is 15.3. The summed E-state index contributed by atoms with van der Waals surface area (Å²) < 4.78 is 41.0. The number of carbonyl (C=O) groups is 1. The van der Waals surface area contributed by atoms with Gasteiger partial charge in [0.25, 0.3) is 5.91 Å². The Balaban J connectivity index is 1.88. The normalized spacial score (nSPS) is 12.2. The Morgan fingerprint density at radius 3 is 2.41 bits per heavy atom. The van der Waals surface area contributed by atoms with Gasteiger partial charge in [0.15, 0.2) is 21.3 Å². The fourth-order valence-electron chi connectivity index (χ4n) is 2.75. The number of methoxy groups -OCH3 is 1. The standard InChI is InChI=1S/C22H24N2O6S2/c1-4-20(28-3)30-18-13-15(21(25)24-22-23-10-11-31-22)12-17(14-18)29-16-6-8-19(9-7-16)32(26,27)5-2/h6-14,20H,4-5H2,1-3H3,(H,23,24,25). The Bertz CT molecular complexity index is 1140. The van der Waals surface area contributed by atoms with Gasteiger partial charge in [0, 0.05) is 36.7 Å². The summed E-state index contributed by atoms with van der Waals surface area (Å²) in [6, 6.07) is 10.9. The van der Waals surface area contributed by atoms with Crippen LogP contribution in [0.1, 0.15) is 30.6 Å². The van der Waals surface area contributed by atoms with Crippen LogP contribution in [0.3, 0.4) is 0 Å². The lowest BCUT2D eigenvalue weighted by molar-refractivity contribution is -0.0549. The number of hydrogen-bond acceptors (Lipinski definition) is 8. The monoisotopic (exact) mass is 476 g/mol. The number of benzene rings is 2. The highest BCUT2D eigenvalue weighted by Crippen LogP contribution is 2.30. The van der Waals surface area contributed by atoms with Gasteiger partial charge in [0.05, 0.1) is 10.6 Å². The van der Waals surface area contributed by atoms with Crippen molar-refractivity contribution in [3.05, 3.63) is 59.6 Å². The molecule has 1 N–H and O–H groups in total. The van der Waals surface area contributed by atoms with Crippen molar-refractivity contribution in [2.75, 3.05) is 18.2 Å². The Hall–Kier alpha value is -2.95. The average molecular weight is 477 g/mol. The molecule has 0 spiro atoms. The molecule has 1 heterocycles. The predicted molar refractivity (Wildman–Crippen MR) is 122 cm³/mol. The first-order valence-electron chi connectivity index (χ1n) is 9.90. The van der Waals surface area contributed by atoms with Crippen molar-refractivity contribution in [2.45, 2.75) is 31.5 Å². The smallest absolute Gasteiger partial charge is 0.257 e. The van der Waals surface area contributed by atoms with Crippen LogP contribution in [0.5, 0.6) is 17.2 Å². The summed E-state index contributed by atoms with van der Waals surface area (Å²) in [4.78, 5) is 17.0. The summed E-state index contributed by atoms with van der Waals surface area (Å²) in [5.74, 6) is 0.810. The summed E-state index contributed by atoms with van der Waals surface area (Å²) in [5.41, 5.74) is 0.309. The zero-order valence-electron chi connectivity index (χ0n) is 17.9. The average Bonchev–Trinajstić information content (AvgIpc) is 3.30. The van der Waals surface area contributed by atoms with Crippen LogP contribution in [0, 0.1) is 0 Å². The minimum atomic E-state index is -3.30. The number of ether oxygens (including phenoxy) is 3. The molecule has 1 amide bonds. The molecule has 0 aliphatic carbocycles. The van der Waals surface area contributed by atoms with Gasteiger partial charge in [-0.15, -0.1) is 11.3 Å². The second kappa shape index (κ2) is 10.6. The van der Waals surface area contributed by atoms with Crippen molar-refractivity contribution in [1.29, 1.82) is 0 Å². The van der Waals surface area contributed by atoms with Crippen molar-refractivity contribution < 1.29 is 27.4 Å². The van der Waals surface area contributed by atoms with Gasteiger partial charge in [0.2, 0.25) is 0 Å². The molecule has 8 nitrogen and oxygen atoms in total. The van der Waals surface area contributed by atoms with E-state index in [9.17, 15) is 13.2 Å². The van der Waals surface area contributed by atoms with E-state index in [2.05, 4.69) is 10.3 Å². The predicted octanol–water partition coefficient (Wildman–Crippen LogP) is 4.74. The highest BCUT2D eigenvalue weighted by atomic mass is 32.2. The SMILES string of the molecule is CCC(OC)Oc1cc(Oc2ccc(S(=O)(=O)CC)cc2)cc(C(=O)Nc2nccs2)c1. The minimum absolute atomic E-state index is 0.0161. The van der Waals surface area contributed by atoms with Crippen LogP contribution >= 0.6 is 11.3 Å². The lowest BCUT2D eigenvalue weighted by Crippen LogP contribution is -2.18. The van der Waals surface area contributed by atoms with Gasteiger partial charge in [-0.25, -0.2) is 13.4 Å². The van der Waals surface area contributed by atoms with Gasteiger partial charge in [-0.2, -0.15) is 0 Å². The molecule has 0 saturated carbocycles. The largest absolute Gasteiger partial charge is 0.465 e. The molecule has 0 fully saturated rings. The number of nitrogens with one attached hydrogen (secondary N) is 1. The second-order valence-electron chi connectivity index (χ2n) is 6.65. The quantitative estimate of drug-likeness (QED) is 0.421. The maximum absolute atomic E-state index is 12.7. The molecule has 1 unspecified atom stereocenters. The maximum atomic E-state index is 12.7. The molecule has 3 rings (SSSR count). The van der Waals surface area contributed by atoms with E-state index < -0.39 is 16.1 Å². The topological polar surface area (TPSA) is 104 Å². The van der Waals surface area contributed by atoms with Gasteiger partial charge in [-0.1, -0.05) is 13.8 Å². The summed E-state index contributed by atoms with van der Waals surface area (Å²) in [6.07, 6.45) is 1.72. The summed E-state index contributed by atoms with van der Waals surface area (Å²) >= 11 is 1.31. The number of hydrogen-bond donors (Lipinski definition) is 1. The highest BCUT2D eigenvalue weighted by molar-refractivity contribution is 7.91. The molecule has 0 bridgehead atoms. The molecule has 2 aromatic carbocycles. The summed E-state index contributed by atoms with van der Waals surface area (Å²) in [5, 5.41) is 4.96. The van der Waals surface area contributed by atoms with Crippen LogP contribution in [0.15, 0.2) is 58.9 Å². The summed E-state index contributed by atoms with van der Waals surface area (Å²) in [7, 11) is -1.77. The fraction of sp³-hybridized carbons (Fsp3) is 0.273. The van der Waals surface area contributed by atoms with Gasteiger partial charge in [-0.05, 0) is 36.4 Å². The van der Waals surface area contributed by atoms with Crippen molar-refractivity contribution in [3.63, 3.8) is 0 Å². The number of nitrogens with zero attached hydrogens (tertiary/aromatic N) is 1. The van der Waals surface area contributed by atoms with Crippen LogP contribution in [0.2, 0.25) is 0 Å². The molecule has 0 aliphatic rings. The number of amides is 1. The maximum Gasteiger partial charge on any atom is 0.257 e. The minimum Gasteiger partial charge on any atom is -0.465 e. The first-order valence-corrected chi connectivity index (χ1v) is 12.4. The number of sulfone groups is 1. The van der Waals surface area contributed by atoms with E-state index in [1.807, 2.05) is 6.92 Å². The van der Waals surface area contributed by atoms with Gasteiger partial charge < -0.3 is 14.2 Å². The molecule has 1 aromatic heterocycles. The first kappa shape index (κ1) is 23.7. The lowest BCUT2D eigenvalue weighted by atomic mass is 10.2. The molecule has 32 heavy (non-hydrogen) atoms. The number of aromatic nitrogens is 1. The molecular weight excluding hydrogens is 452 g/mol. The van der Waals surface area contributed by atoms with E-state index >= 15 is 0 Å². The second-order valence-corrected chi connectivity index (χ2v) is 9.83. The molecule has 3 aromatic rings. The van der Waals surface area contributed by atoms with Gasteiger partial charge >= 0.3 is 0 Å². The van der Waals surface area contributed by atoms with E-state index in [4.69, 9.17) is 14.2 Å². The zero-order valence-corrected chi connectivity index (χ0v) is 19.5. The Morgan fingerprint density at radius 1 is 1.09 bits per heavy atom. The summed E-state index contributed by atoms with van der Waals surface area (Å²) in [6.45, 7) is 3.50. The van der Waals surface area contributed by atoms with E-state index in [1.54, 1.807) is 48.8 Å². The van der Waals surface area contributed by atoms with Gasteiger partial charge in [0.1, 0.15) is 17.2 Å². The van der Waals surface area contributed by atoms with Crippen LogP contribution in [-0.4, -0.2) is 38.5 Å². The zero-order chi connectivity index (χ0) is 23.1. The molecule has 170 valence electrons. The third-order valence-electron chi connectivity index (χ3n) is 4.46. The lowest BCUT2D eigenvalue weighted by Gasteiger charge is -2.17. The van der Waals surface area contributed by atoms with Gasteiger partial charge in [-0.3, -0.25) is 10.1 Å². The molecule has 0 saturated heterocycles. The molecule has 0 aliphatic heterocycles. The Morgan fingerprint density at radius 2 is 1.81 bits per heavy atom. The van der Waals surface area contributed by atoms with E-state index in [0.29, 0.717) is 34.4 Å².